The second kappa shape index (κ2) is 12.5. The largest absolute Gasteiger partial charge is 0.497 e. The molecule has 1 heterocycles. The lowest BCUT2D eigenvalue weighted by Gasteiger charge is -2.26. The van der Waals surface area contributed by atoms with Crippen LogP contribution in [0.2, 0.25) is 0 Å². The van der Waals surface area contributed by atoms with Gasteiger partial charge >= 0.3 is 5.97 Å². The molecule has 8 heteroatoms. The van der Waals surface area contributed by atoms with Gasteiger partial charge in [-0.2, -0.15) is 5.26 Å². The Balaban J connectivity index is 1.46. The summed E-state index contributed by atoms with van der Waals surface area (Å²) in [6.45, 7) is 2.54. The number of ether oxygens (including phenoxy) is 5. The van der Waals surface area contributed by atoms with Crippen LogP contribution >= 0.6 is 0 Å². The third-order valence-corrected chi connectivity index (χ3v) is 6.07. The molecule has 1 unspecified atom stereocenters. The maximum atomic E-state index is 12.4. The Labute approximate surface area is 222 Å². The van der Waals surface area contributed by atoms with Gasteiger partial charge in [0, 0.05) is 11.6 Å². The van der Waals surface area contributed by atoms with E-state index in [1.807, 2.05) is 24.3 Å². The first-order chi connectivity index (χ1) is 18.5. The third kappa shape index (κ3) is 6.37. The highest BCUT2D eigenvalue weighted by Gasteiger charge is 2.31. The van der Waals surface area contributed by atoms with Gasteiger partial charge in [-0.15, -0.1) is 0 Å². The average Bonchev–Trinajstić information content (AvgIpc) is 2.94. The molecule has 0 radical (unpaired) electrons. The second-order valence-electron chi connectivity index (χ2n) is 8.69. The lowest BCUT2D eigenvalue weighted by molar-refractivity contribution is -0.136. The summed E-state index contributed by atoms with van der Waals surface area (Å²) in [6.07, 6.45) is 3.26. The molecule has 0 spiro atoms. The van der Waals surface area contributed by atoms with Gasteiger partial charge in [-0.3, -0.25) is 0 Å². The molecule has 4 rings (SSSR count). The number of hydrogen-bond acceptors (Lipinski definition) is 8. The van der Waals surface area contributed by atoms with Gasteiger partial charge in [-0.1, -0.05) is 38.0 Å². The number of methoxy groups -OCH3 is 1. The molecule has 38 heavy (non-hydrogen) atoms. The number of esters is 1. The summed E-state index contributed by atoms with van der Waals surface area (Å²) in [5, 5.41) is 9.81. The summed E-state index contributed by atoms with van der Waals surface area (Å²) in [5.41, 5.74) is 8.03. The number of hydrogen-bond donors (Lipinski definition) is 1. The van der Waals surface area contributed by atoms with Crippen molar-refractivity contribution in [1.29, 1.82) is 5.26 Å². The predicted molar refractivity (Wildman–Crippen MR) is 141 cm³/mol. The van der Waals surface area contributed by atoms with Crippen LogP contribution in [0.5, 0.6) is 28.7 Å². The molecule has 3 aromatic rings. The van der Waals surface area contributed by atoms with Gasteiger partial charge in [0.05, 0.1) is 19.6 Å². The maximum Gasteiger partial charge on any atom is 0.349 e. The number of fused-ring (bicyclic) bond motifs is 1. The van der Waals surface area contributed by atoms with E-state index in [-0.39, 0.29) is 18.2 Å². The first-order valence-corrected chi connectivity index (χ1v) is 12.4. The number of allylic oxidation sites excluding steroid dienone is 1. The number of nitrogens with two attached hydrogens (primary N) is 1. The topological polar surface area (TPSA) is 113 Å². The molecule has 1 aliphatic heterocycles. The first kappa shape index (κ1) is 26.4. The van der Waals surface area contributed by atoms with E-state index in [2.05, 4.69) is 13.0 Å². The molecule has 0 saturated carbocycles. The Kier molecular flexibility index (Phi) is 8.73. The van der Waals surface area contributed by atoms with Crippen LogP contribution in [-0.4, -0.2) is 26.3 Å². The molecule has 3 aromatic carbocycles. The fourth-order valence-electron chi connectivity index (χ4n) is 4.12. The van der Waals surface area contributed by atoms with E-state index in [1.54, 1.807) is 49.6 Å². The van der Waals surface area contributed by atoms with E-state index < -0.39 is 11.9 Å². The summed E-state index contributed by atoms with van der Waals surface area (Å²) in [4.78, 5) is 12.4. The van der Waals surface area contributed by atoms with Crippen LogP contribution in [-0.2, 0) is 4.79 Å². The van der Waals surface area contributed by atoms with Crippen molar-refractivity contribution in [3.8, 4) is 34.8 Å². The van der Waals surface area contributed by atoms with Gasteiger partial charge in [0.1, 0.15) is 40.4 Å². The summed E-state index contributed by atoms with van der Waals surface area (Å²) < 4.78 is 27.6. The van der Waals surface area contributed by atoms with Crippen molar-refractivity contribution in [2.75, 3.05) is 20.3 Å². The smallest absolute Gasteiger partial charge is 0.349 e. The molecular weight excluding hydrogens is 484 g/mol. The van der Waals surface area contributed by atoms with Crippen LogP contribution in [0.15, 0.2) is 78.2 Å². The molecule has 0 aliphatic carbocycles. The number of benzene rings is 3. The van der Waals surface area contributed by atoms with Crippen molar-refractivity contribution in [1.82, 2.24) is 0 Å². The van der Waals surface area contributed by atoms with Gasteiger partial charge in [-0.05, 0) is 54.4 Å². The number of nitrogens with zero attached hydrogens (tertiary/aromatic N) is 1. The summed E-state index contributed by atoms with van der Waals surface area (Å²) in [6, 6.07) is 21.7. The van der Waals surface area contributed by atoms with Crippen LogP contribution < -0.4 is 29.4 Å². The Bertz CT molecular complexity index is 1330. The van der Waals surface area contributed by atoms with E-state index in [1.165, 1.54) is 0 Å². The zero-order valence-corrected chi connectivity index (χ0v) is 21.4. The van der Waals surface area contributed by atoms with Gasteiger partial charge in [-0.25, -0.2) is 4.79 Å². The molecule has 1 aliphatic rings. The molecule has 196 valence electrons. The van der Waals surface area contributed by atoms with Crippen molar-refractivity contribution < 1.29 is 28.5 Å². The molecule has 0 saturated heterocycles. The molecule has 8 nitrogen and oxygen atoms in total. The Morgan fingerprint density at radius 3 is 2.29 bits per heavy atom. The fourth-order valence-corrected chi connectivity index (χ4v) is 4.12. The molecule has 0 bridgehead atoms. The highest BCUT2D eigenvalue weighted by atomic mass is 16.6. The Morgan fingerprint density at radius 1 is 0.947 bits per heavy atom. The van der Waals surface area contributed by atoms with Crippen molar-refractivity contribution >= 4 is 5.97 Å². The number of rotatable bonds is 11. The zero-order valence-electron chi connectivity index (χ0n) is 21.4. The number of nitriles is 1. The second-order valence-corrected chi connectivity index (χ2v) is 8.69. The standard InChI is InChI=1S/C30H30N2O6/c1-3-4-5-16-35-22-8-6-20(7-9-22)29-25-15-14-24(17-27(25)38-30(32)26(29)18-31)37-28(33)19-36-23-12-10-21(34-2)11-13-23/h6-15,17,29H,3-5,16,19,32H2,1-2H3. The quantitative estimate of drug-likeness (QED) is 0.204. The monoisotopic (exact) mass is 514 g/mol. The minimum absolute atomic E-state index is 0.0104. The first-order valence-electron chi connectivity index (χ1n) is 12.4. The van der Waals surface area contributed by atoms with Gasteiger partial charge < -0.3 is 29.4 Å². The van der Waals surface area contributed by atoms with E-state index in [4.69, 9.17) is 29.4 Å². The minimum Gasteiger partial charge on any atom is -0.497 e. The summed E-state index contributed by atoms with van der Waals surface area (Å²) in [5.74, 6) is 1.65. The Morgan fingerprint density at radius 2 is 1.61 bits per heavy atom. The fraction of sp³-hybridized carbons (Fsp3) is 0.267. The summed E-state index contributed by atoms with van der Waals surface area (Å²) >= 11 is 0. The highest BCUT2D eigenvalue weighted by Crippen LogP contribution is 2.43. The van der Waals surface area contributed by atoms with E-state index in [9.17, 15) is 10.1 Å². The molecule has 2 N–H and O–H groups in total. The van der Waals surface area contributed by atoms with Crippen molar-refractivity contribution in [3.63, 3.8) is 0 Å². The zero-order chi connectivity index (χ0) is 26.9. The van der Waals surface area contributed by atoms with E-state index in [0.717, 1.165) is 36.1 Å². The molecule has 0 aromatic heterocycles. The molecule has 0 fully saturated rings. The van der Waals surface area contributed by atoms with Gasteiger partial charge in [0.15, 0.2) is 6.61 Å². The van der Waals surface area contributed by atoms with Crippen LogP contribution in [0.3, 0.4) is 0 Å². The van der Waals surface area contributed by atoms with Crippen molar-refractivity contribution in [2.45, 2.75) is 32.1 Å². The lowest BCUT2D eigenvalue weighted by atomic mass is 9.83. The van der Waals surface area contributed by atoms with Gasteiger partial charge in [0.2, 0.25) is 5.88 Å². The molecular formula is C30H30N2O6. The lowest BCUT2D eigenvalue weighted by Crippen LogP contribution is -2.21. The minimum atomic E-state index is -0.580. The number of carbonyl (C=O) groups is 1. The van der Waals surface area contributed by atoms with Crippen LogP contribution in [0.25, 0.3) is 0 Å². The van der Waals surface area contributed by atoms with Crippen molar-refractivity contribution in [2.24, 2.45) is 5.73 Å². The van der Waals surface area contributed by atoms with Crippen molar-refractivity contribution in [3.05, 3.63) is 89.3 Å². The van der Waals surface area contributed by atoms with E-state index in [0.29, 0.717) is 29.4 Å². The SMILES string of the molecule is CCCCCOc1ccc(C2C(C#N)=C(N)Oc3cc(OC(=O)COc4ccc(OC)cc4)ccc32)cc1. The third-order valence-electron chi connectivity index (χ3n) is 6.07. The van der Waals surface area contributed by atoms with Crippen LogP contribution in [0.1, 0.15) is 43.2 Å². The highest BCUT2D eigenvalue weighted by molar-refractivity contribution is 5.74. The summed E-state index contributed by atoms with van der Waals surface area (Å²) in [7, 11) is 1.57. The number of carbonyl (C=O) groups excluding carboxylic acids is 1. The Hall–Kier alpha value is -4.64. The van der Waals surface area contributed by atoms with E-state index >= 15 is 0 Å². The maximum absolute atomic E-state index is 12.4. The predicted octanol–water partition coefficient (Wildman–Crippen LogP) is 5.47. The van der Waals surface area contributed by atoms with Gasteiger partial charge in [0.25, 0.3) is 0 Å². The number of unbranched alkanes of at least 4 members (excludes halogenated alkanes) is 2. The van der Waals surface area contributed by atoms with Crippen LogP contribution in [0.4, 0.5) is 0 Å². The normalized spacial score (nSPS) is 14.1. The molecule has 0 amide bonds. The molecule has 1 atom stereocenters. The van der Waals surface area contributed by atoms with Crippen LogP contribution in [0, 0.1) is 11.3 Å². The average molecular weight is 515 g/mol.